The number of aliphatic hydroxyl groups is 2. The highest BCUT2D eigenvalue weighted by molar-refractivity contribution is 5.88. The van der Waals surface area contributed by atoms with Gasteiger partial charge in [-0.1, -0.05) is 103 Å². The quantitative estimate of drug-likeness (QED) is 0.110. The number of rotatable bonds is 16. The summed E-state index contributed by atoms with van der Waals surface area (Å²) in [5.41, 5.74) is 7.16. The van der Waals surface area contributed by atoms with E-state index in [0.717, 1.165) is 6.42 Å². The first-order valence-electron chi connectivity index (χ1n) is 14.9. The smallest absolute Gasteiger partial charge is 0.404 e. The Kier molecular flexibility index (Phi) is 15.4. The fraction of sp³-hybridized carbons (Fsp3) is 0.647. The SMILES string of the molecule is C=C/C=C\[C@H](C)[C@H](OC(N)=O)[C@@H](C)[C@@H](C)[C@@H](C)C/C(C)=C\[C@H](C)[C@@H](O)[C@@H](C)/C=C/[C@H](O)CC1OC(=O)C(C)=C[C@H]1C. The molecule has 0 aromatic heterocycles. The van der Waals surface area contributed by atoms with E-state index in [1.807, 2.05) is 52.0 Å². The highest BCUT2D eigenvalue weighted by atomic mass is 16.6. The third-order valence-electron chi connectivity index (χ3n) is 8.63. The van der Waals surface area contributed by atoms with Crippen LogP contribution < -0.4 is 5.73 Å². The Morgan fingerprint density at radius 2 is 1.71 bits per heavy atom. The van der Waals surface area contributed by atoms with E-state index in [2.05, 4.69) is 40.3 Å². The fourth-order valence-corrected chi connectivity index (χ4v) is 5.70. The van der Waals surface area contributed by atoms with E-state index in [-0.39, 0.29) is 53.7 Å². The van der Waals surface area contributed by atoms with Crippen LogP contribution in [0.15, 0.2) is 60.3 Å². The molecule has 0 fully saturated rings. The number of aliphatic hydroxyl groups excluding tert-OH is 2. The number of ether oxygens (including phenoxy) is 2. The minimum atomic E-state index is -0.772. The molecule has 0 aliphatic carbocycles. The van der Waals surface area contributed by atoms with Gasteiger partial charge >= 0.3 is 12.1 Å². The normalized spacial score (nSPS) is 24.9. The maximum absolute atomic E-state index is 11.9. The zero-order valence-electron chi connectivity index (χ0n) is 26.6. The summed E-state index contributed by atoms with van der Waals surface area (Å²) < 4.78 is 11.0. The van der Waals surface area contributed by atoms with Crippen molar-refractivity contribution in [3.63, 3.8) is 0 Å². The number of nitrogens with two attached hydrogens (primary N) is 1. The molecule has 7 heteroatoms. The van der Waals surface area contributed by atoms with E-state index in [4.69, 9.17) is 15.2 Å². The second kappa shape index (κ2) is 17.3. The van der Waals surface area contributed by atoms with E-state index in [1.165, 1.54) is 5.57 Å². The highest BCUT2D eigenvalue weighted by Gasteiger charge is 2.32. The summed E-state index contributed by atoms with van der Waals surface area (Å²) in [4.78, 5) is 23.5. The van der Waals surface area contributed by atoms with Crippen molar-refractivity contribution >= 4 is 12.1 Å². The van der Waals surface area contributed by atoms with Crippen molar-refractivity contribution in [3.8, 4) is 0 Å². The summed E-state index contributed by atoms with van der Waals surface area (Å²) in [6.07, 6.45) is 11.3. The average molecular weight is 574 g/mol. The molecule has 0 spiro atoms. The van der Waals surface area contributed by atoms with Crippen molar-refractivity contribution < 1.29 is 29.3 Å². The molecule has 1 unspecified atom stereocenters. The van der Waals surface area contributed by atoms with Crippen LogP contribution in [-0.4, -0.2) is 46.7 Å². The van der Waals surface area contributed by atoms with E-state index in [9.17, 15) is 19.8 Å². The standard InChI is InChI=1S/C34H55NO6/c1-11-12-13-22(4)32(41-34(35)39)28(10)27(9)23(5)16-20(2)17-25(7)31(37)21(3)14-15-29(36)19-30-24(6)18-26(8)33(38)40-30/h11-15,17-18,21-25,27-32,36-37H,1,16,19H2,2-10H3,(H2,35,39)/b13-12-,15-14+,20-17-/t21-,22-,23-,24+,25-,27-,28-,29-,30?,31-,32-/m0/s1. The molecule has 232 valence electrons. The molecule has 0 aromatic carbocycles. The van der Waals surface area contributed by atoms with Crippen LogP contribution in [0.1, 0.15) is 75.2 Å². The van der Waals surface area contributed by atoms with Gasteiger partial charge in [0.15, 0.2) is 0 Å². The van der Waals surface area contributed by atoms with Crippen LogP contribution >= 0.6 is 0 Å². The second-order valence-electron chi connectivity index (χ2n) is 12.3. The number of carbonyl (C=O) groups excluding carboxylic acids is 2. The van der Waals surface area contributed by atoms with E-state index in [1.54, 1.807) is 19.1 Å². The first-order valence-corrected chi connectivity index (χ1v) is 14.9. The maximum Gasteiger partial charge on any atom is 0.404 e. The van der Waals surface area contributed by atoms with Crippen molar-refractivity contribution in [2.75, 3.05) is 0 Å². The summed E-state index contributed by atoms with van der Waals surface area (Å²) in [5, 5.41) is 21.5. The van der Waals surface area contributed by atoms with Gasteiger partial charge in [-0.2, -0.15) is 0 Å². The molecule has 0 bridgehead atoms. The van der Waals surface area contributed by atoms with Gasteiger partial charge in [0.2, 0.25) is 0 Å². The predicted molar refractivity (Wildman–Crippen MR) is 166 cm³/mol. The lowest BCUT2D eigenvalue weighted by atomic mass is 9.76. The largest absolute Gasteiger partial charge is 0.458 e. The van der Waals surface area contributed by atoms with Gasteiger partial charge in [-0.05, 0) is 38.0 Å². The molecule has 1 rings (SSSR count). The minimum absolute atomic E-state index is 0.00728. The Balaban J connectivity index is 2.75. The number of allylic oxidation sites excluding steroid dienone is 3. The van der Waals surface area contributed by atoms with Gasteiger partial charge in [0, 0.05) is 35.7 Å². The molecule has 41 heavy (non-hydrogen) atoms. The Morgan fingerprint density at radius 3 is 2.29 bits per heavy atom. The fourth-order valence-electron chi connectivity index (χ4n) is 5.70. The number of esters is 1. The van der Waals surface area contributed by atoms with Gasteiger partial charge in [-0.15, -0.1) is 0 Å². The molecular weight excluding hydrogens is 518 g/mol. The van der Waals surface area contributed by atoms with Gasteiger partial charge < -0.3 is 25.4 Å². The van der Waals surface area contributed by atoms with Crippen LogP contribution in [0.5, 0.6) is 0 Å². The molecule has 0 aromatic rings. The predicted octanol–water partition coefficient (Wildman–Crippen LogP) is 6.52. The molecule has 7 nitrogen and oxygen atoms in total. The van der Waals surface area contributed by atoms with Gasteiger partial charge in [-0.25, -0.2) is 9.59 Å². The van der Waals surface area contributed by atoms with Crippen molar-refractivity contribution in [2.24, 2.45) is 47.2 Å². The van der Waals surface area contributed by atoms with Gasteiger partial charge in [0.05, 0.1) is 12.2 Å². The summed E-state index contributed by atoms with van der Waals surface area (Å²) in [7, 11) is 0. The zero-order chi connectivity index (χ0) is 31.4. The number of carbonyl (C=O) groups is 2. The van der Waals surface area contributed by atoms with E-state index < -0.39 is 18.3 Å². The topological polar surface area (TPSA) is 119 Å². The second-order valence-corrected chi connectivity index (χ2v) is 12.3. The third kappa shape index (κ3) is 12.0. The van der Waals surface area contributed by atoms with Crippen LogP contribution in [0, 0.1) is 41.4 Å². The molecule has 1 aliphatic heterocycles. The molecular formula is C34H55NO6. The molecule has 1 amide bonds. The lowest BCUT2D eigenvalue weighted by molar-refractivity contribution is -0.149. The van der Waals surface area contributed by atoms with Crippen LogP contribution in [0.25, 0.3) is 0 Å². The molecule has 4 N–H and O–H groups in total. The van der Waals surface area contributed by atoms with Crippen molar-refractivity contribution in [2.45, 2.75) is 99.6 Å². The molecule has 0 saturated heterocycles. The van der Waals surface area contributed by atoms with Crippen molar-refractivity contribution in [3.05, 3.63) is 60.3 Å². The van der Waals surface area contributed by atoms with Crippen LogP contribution in [0.4, 0.5) is 4.79 Å². The Hall–Kier alpha value is -2.64. The van der Waals surface area contributed by atoms with Gasteiger partial charge in [0.25, 0.3) is 0 Å². The molecule has 1 aliphatic rings. The number of cyclic esters (lactones) is 1. The van der Waals surface area contributed by atoms with Gasteiger partial charge in [-0.3, -0.25) is 0 Å². The number of hydrogen-bond acceptors (Lipinski definition) is 6. The van der Waals surface area contributed by atoms with Crippen molar-refractivity contribution in [1.82, 2.24) is 0 Å². The Morgan fingerprint density at radius 1 is 1.07 bits per heavy atom. The van der Waals surface area contributed by atoms with Crippen LogP contribution in [0.2, 0.25) is 0 Å². The Labute approximate surface area is 248 Å². The molecule has 0 saturated carbocycles. The minimum Gasteiger partial charge on any atom is -0.458 e. The number of hydrogen-bond donors (Lipinski definition) is 3. The van der Waals surface area contributed by atoms with Gasteiger partial charge in [0.1, 0.15) is 12.2 Å². The number of amides is 1. The molecule has 1 heterocycles. The number of primary amides is 1. The lowest BCUT2D eigenvalue weighted by Crippen LogP contribution is -2.37. The summed E-state index contributed by atoms with van der Waals surface area (Å²) in [6, 6.07) is 0. The third-order valence-corrected chi connectivity index (χ3v) is 8.63. The maximum atomic E-state index is 11.9. The van der Waals surface area contributed by atoms with Crippen LogP contribution in [0.3, 0.4) is 0 Å². The molecule has 11 atom stereocenters. The summed E-state index contributed by atoms with van der Waals surface area (Å²) >= 11 is 0. The van der Waals surface area contributed by atoms with E-state index >= 15 is 0 Å². The molecule has 0 radical (unpaired) electrons. The Bertz CT molecular complexity index is 982. The van der Waals surface area contributed by atoms with Crippen molar-refractivity contribution in [1.29, 1.82) is 0 Å². The monoisotopic (exact) mass is 573 g/mol. The summed E-state index contributed by atoms with van der Waals surface area (Å²) in [5.74, 6) is 0.0652. The average Bonchev–Trinajstić information content (AvgIpc) is 2.90. The first-order chi connectivity index (χ1) is 19.1. The first kappa shape index (κ1) is 36.4. The van der Waals surface area contributed by atoms with Crippen LogP contribution in [-0.2, 0) is 14.3 Å². The highest BCUT2D eigenvalue weighted by Crippen LogP contribution is 2.33. The lowest BCUT2D eigenvalue weighted by Gasteiger charge is -2.34. The van der Waals surface area contributed by atoms with E-state index in [0.29, 0.717) is 17.9 Å². The zero-order valence-corrected chi connectivity index (χ0v) is 26.6. The summed E-state index contributed by atoms with van der Waals surface area (Å²) in [6.45, 7) is 21.9.